The van der Waals surface area contributed by atoms with E-state index in [0.717, 1.165) is 21.4 Å². The smallest absolute Gasteiger partial charge is 0.199 e. The van der Waals surface area contributed by atoms with Gasteiger partial charge >= 0.3 is 0 Å². The molecule has 1 aromatic carbocycles. The van der Waals surface area contributed by atoms with E-state index in [4.69, 9.17) is 23.2 Å². The van der Waals surface area contributed by atoms with Crippen LogP contribution in [0.1, 0.15) is 11.4 Å². The van der Waals surface area contributed by atoms with Crippen LogP contribution in [0, 0.1) is 13.8 Å². The van der Waals surface area contributed by atoms with Crippen molar-refractivity contribution in [1.29, 1.82) is 0 Å². The van der Waals surface area contributed by atoms with Gasteiger partial charge in [0.1, 0.15) is 0 Å². The van der Waals surface area contributed by atoms with Gasteiger partial charge in [-0.1, -0.05) is 39.1 Å². The lowest BCUT2D eigenvalue weighted by molar-refractivity contribution is 1.000. The minimum atomic E-state index is 0.331. The predicted molar refractivity (Wildman–Crippen MR) is 83.4 cm³/mol. The largest absolute Gasteiger partial charge is 0.275 e. The van der Waals surface area contributed by atoms with E-state index in [0.29, 0.717) is 21.6 Å². The Morgan fingerprint density at radius 3 is 2.65 bits per heavy atom. The van der Waals surface area contributed by atoms with Gasteiger partial charge in [0.05, 0.1) is 10.7 Å². The zero-order valence-electron chi connectivity index (χ0n) is 10.7. The number of halogens is 3. The molecule has 0 saturated carbocycles. The molecule has 2 heterocycles. The molecule has 20 heavy (non-hydrogen) atoms. The van der Waals surface area contributed by atoms with Crippen LogP contribution in [0.3, 0.4) is 0 Å². The maximum absolute atomic E-state index is 6.27. The quantitative estimate of drug-likeness (QED) is 0.633. The molecule has 0 fully saturated rings. The molecule has 0 N–H and O–H groups in total. The summed E-state index contributed by atoms with van der Waals surface area (Å²) in [4.78, 5) is 4.25. The first kappa shape index (κ1) is 13.8. The Bertz CT molecular complexity index is 829. The molecular weight excluding hydrogens is 363 g/mol. The Hall–Kier alpha value is -1.17. The standard InChI is InChI=1S/C13H9BrCl2N4/c1-6-7(2)20-12(18-19-13(20)11(16)17-6)9-5-8(14)3-4-10(9)15/h3-5H,1-2H3. The number of hydrogen-bond acceptors (Lipinski definition) is 3. The number of aromatic nitrogens is 4. The van der Waals surface area contributed by atoms with Crippen LogP contribution in [0.4, 0.5) is 0 Å². The monoisotopic (exact) mass is 370 g/mol. The molecule has 3 rings (SSSR count). The Morgan fingerprint density at radius 1 is 1.15 bits per heavy atom. The number of hydrogen-bond donors (Lipinski definition) is 0. The van der Waals surface area contributed by atoms with E-state index >= 15 is 0 Å². The fraction of sp³-hybridized carbons (Fsp3) is 0.154. The van der Waals surface area contributed by atoms with Gasteiger partial charge in [0.25, 0.3) is 0 Å². The normalized spacial score (nSPS) is 11.2. The van der Waals surface area contributed by atoms with Gasteiger partial charge in [-0.25, -0.2) is 4.98 Å². The van der Waals surface area contributed by atoms with Crippen molar-refractivity contribution in [3.05, 3.63) is 44.2 Å². The first-order valence-corrected chi connectivity index (χ1v) is 7.37. The first-order valence-electron chi connectivity index (χ1n) is 5.82. The lowest BCUT2D eigenvalue weighted by atomic mass is 10.2. The molecule has 0 amide bonds. The average Bonchev–Trinajstić information content (AvgIpc) is 2.84. The van der Waals surface area contributed by atoms with Crippen LogP contribution in [0.2, 0.25) is 10.2 Å². The molecule has 3 aromatic rings. The molecule has 2 aromatic heterocycles. The molecule has 0 aliphatic heterocycles. The van der Waals surface area contributed by atoms with Gasteiger partial charge in [-0.2, -0.15) is 0 Å². The molecule has 4 nitrogen and oxygen atoms in total. The molecule has 0 aliphatic carbocycles. The zero-order chi connectivity index (χ0) is 14.4. The second kappa shape index (κ2) is 4.98. The summed E-state index contributed by atoms with van der Waals surface area (Å²) in [7, 11) is 0. The highest BCUT2D eigenvalue weighted by atomic mass is 79.9. The van der Waals surface area contributed by atoms with Crippen molar-refractivity contribution in [2.45, 2.75) is 13.8 Å². The van der Waals surface area contributed by atoms with Crippen LogP contribution >= 0.6 is 39.1 Å². The van der Waals surface area contributed by atoms with Gasteiger partial charge in [0, 0.05) is 15.7 Å². The van der Waals surface area contributed by atoms with Crippen molar-refractivity contribution in [3.8, 4) is 11.4 Å². The Morgan fingerprint density at radius 2 is 1.90 bits per heavy atom. The summed E-state index contributed by atoms with van der Waals surface area (Å²) in [5.41, 5.74) is 3.08. The Balaban J connectivity index is 2.41. The van der Waals surface area contributed by atoms with Crippen molar-refractivity contribution in [3.63, 3.8) is 0 Å². The molecule has 7 heteroatoms. The van der Waals surface area contributed by atoms with Crippen LogP contribution in [0.25, 0.3) is 17.0 Å². The molecule has 0 spiro atoms. The lowest BCUT2D eigenvalue weighted by Gasteiger charge is -2.08. The maximum atomic E-state index is 6.27. The van der Waals surface area contributed by atoms with Gasteiger partial charge in [-0.3, -0.25) is 4.40 Å². The van der Waals surface area contributed by atoms with Crippen LogP contribution in [0.15, 0.2) is 22.7 Å². The van der Waals surface area contributed by atoms with Crippen LogP contribution in [-0.2, 0) is 0 Å². The predicted octanol–water partition coefficient (Wildman–Crippen LogP) is 4.48. The molecule has 0 saturated heterocycles. The molecule has 0 aliphatic rings. The first-order chi connectivity index (χ1) is 9.49. The van der Waals surface area contributed by atoms with Gasteiger partial charge in [0.15, 0.2) is 16.6 Å². The Kier molecular flexibility index (Phi) is 3.44. The average molecular weight is 372 g/mol. The van der Waals surface area contributed by atoms with E-state index in [2.05, 4.69) is 31.1 Å². The summed E-state index contributed by atoms with van der Waals surface area (Å²) in [5, 5.41) is 9.26. The SMILES string of the molecule is Cc1nc(Cl)c2nnc(-c3cc(Br)ccc3Cl)n2c1C. The summed E-state index contributed by atoms with van der Waals surface area (Å²) in [5.74, 6) is 0.649. The van der Waals surface area contributed by atoms with Crippen LogP contribution in [0.5, 0.6) is 0 Å². The van der Waals surface area contributed by atoms with E-state index in [1.165, 1.54) is 0 Å². The summed E-state index contributed by atoms with van der Waals surface area (Å²) in [6.45, 7) is 3.84. The number of benzene rings is 1. The topological polar surface area (TPSA) is 43.1 Å². The van der Waals surface area contributed by atoms with E-state index in [1.807, 2.05) is 36.4 Å². The second-order valence-electron chi connectivity index (χ2n) is 4.38. The third-order valence-electron chi connectivity index (χ3n) is 3.14. The van der Waals surface area contributed by atoms with Crippen molar-refractivity contribution < 1.29 is 0 Å². The fourth-order valence-electron chi connectivity index (χ4n) is 2.02. The van der Waals surface area contributed by atoms with E-state index in [9.17, 15) is 0 Å². The highest BCUT2D eigenvalue weighted by Crippen LogP contribution is 2.31. The van der Waals surface area contributed by atoms with Gasteiger partial charge in [0.2, 0.25) is 0 Å². The second-order valence-corrected chi connectivity index (χ2v) is 6.06. The van der Waals surface area contributed by atoms with Crippen molar-refractivity contribution in [2.75, 3.05) is 0 Å². The highest BCUT2D eigenvalue weighted by Gasteiger charge is 2.17. The zero-order valence-corrected chi connectivity index (χ0v) is 13.8. The molecular formula is C13H9BrCl2N4. The van der Waals surface area contributed by atoms with Crippen molar-refractivity contribution in [1.82, 2.24) is 19.6 Å². The van der Waals surface area contributed by atoms with Crippen LogP contribution in [-0.4, -0.2) is 19.6 Å². The summed E-state index contributed by atoms with van der Waals surface area (Å²) < 4.78 is 2.79. The molecule has 0 radical (unpaired) electrons. The minimum absolute atomic E-state index is 0.331. The van der Waals surface area contributed by atoms with Crippen molar-refractivity contribution >= 4 is 44.8 Å². The van der Waals surface area contributed by atoms with E-state index in [-0.39, 0.29) is 0 Å². The van der Waals surface area contributed by atoms with Crippen molar-refractivity contribution in [2.24, 2.45) is 0 Å². The van der Waals surface area contributed by atoms with Crippen LogP contribution < -0.4 is 0 Å². The number of aryl methyl sites for hydroxylation is 2. The lowest BCUT2D eigenvalue weighted by Crippen LogP contribution is -2.01. The van der Waals surface area contributed by atoms with Gasteiger partial charge < -0.3 is 0 Å². The third kappa shape index (κ3) is 2.10. The third-order valence-corrected chi connectivity index (χ3v) is 4.22. The number of rotatable bonds is 1. The number of nitrogens with zero attached hydrogens (tertiary/aromatic N) is 4. The van der Waals surface area contributed by atoms with E-state index < -0.39 is 0 Å². The number of fused-ring (bicyclic) bond motifs is 1. The molecule has 102 valence electrons. The summed E-state index contributed by atoms with van der Waals surface area (Å²) in [6.07, 6.45) is 0. The van der Waals surface area contributed by atoms with Gasteiger partial charge in [-0.05, 0) is 32.0 Å². The highest BCUT2D eigenvalue weighted by molar-refractivity contribution is 9.10. The Labute approximate surface area is 133 Å². The summed E-state index contributed by atoms with van der Waals surface area (Å²) in [6, 6.07) is 5.59. The van der Waals surface area contributed by atoms with Gasteiger partial charge in [-0.15, -0.1) is 10.2 Å². The molecule has 0 atom stereocenters. The maximum Gasteiger partial charge on any atom is 0.199 e. The molecule has 0 bridgehead atoms. The molecule has 0 unspecified atom stereocenters. The minimum Gasteiger partial charge on any atom is -0.275 e. The summed E-state index contributed by atoms with van der Waals surface area (Å²) >= 11 is 15.8. The fourth-order valence-corrected chi connectivity index (χ4v) is 2.83. The van der Waals surface area contributed by atoms with E-state index in [1.54, 1.807) is 0 Å².